The minimum atomic E-state index is -0.347. The highest BCUT2D eigenvalue weighted by molar-refractivity contribution is 7.71. The number of hydrogen-bond acceptors (Lipinski definition) is 5. The summed E-state index contributed by atoms with van der Waals surface area (Å²) >= 11 is 5.73. The van der Waals surface area contributed by atoms with Crippen LogP contribution in [-0.2, 0) is 11.4 Å². The summed E-state index contributed by atoms with van der Waals surface area (Å²) in [6.45, 7) is 7.39. The van der Waals surface area contributed by atoms with E-state index in [-0.39, 0.29) is 11.9 Å². The maximum atomic E-state index is 14.7. The Bertz CT molecular complexity index is 1060. The van der Waals surface area contributed by atoms with Gasteiger partial charge in [0.05, 0.1) is 31.7 Å². The molecule has 0 bridgehead atoms. The molecule has 1 atom stereocenters. The fourth-order valence-electron chi connectivity index (χ4n) is 3.61. The molecule has 8 heteroatoms. The Balaban J connectivity index is 1.77. The third kappa shape index (κ3) is 4.30. The predicted molar refractivity (Wildman–Crippen MR) is 116 cm³/mol. The van der Waals surface area contributed by atoms with Gasteiger partial charge in [0.1, 0.15) is 11.6 Å². The number of para-hydroxylation sites is 1. The standard InChI is InChI=1S/C22H25FN4O2S/c1-3-28-18-10-8-17(9-11-18)21-24-26(15-25-12-13-29-16(2)14-25)22(30)27(21)20-7-5-4-6-19(20)23/h4-11,16H,3,12-15H2,1-2H3. The molecule has 0 radical (unpaired) electrons. The monoisotopic (exact) mass is 428 g/mol. The van der Waals surface area contributed by atoms with E-state index in [1.54, 1.807) is 27.4 Å². The summed E-state index contributed by atoms with van der Waals surface area (Å²) in [5.74, 6) is 1.02. The zero-order chi connectivity index (χ0) is 21.1. The summed E-state index contributed by atoms with van der Waals surface area (Å²) in [6, 6.07) is 14.2. The van der Waals surface area contributed by atoms with Crippen molar-refractivity contribution in [1.29, 1.82) is 0 Å². The maximum Gasteiger partial charge on any atom is 0.204 e. The molecule has 4 rings (SSSR count). The van der Waals surface area contributed by atoms with Gasteiger partial charge in [-0.05, 0) is 62.5 Å². The summed E-state index contributed by atoms with van der Waals surface area (Å²) < 4.78 is 29.8. The first-order chi connectivity index (χ1) is 14.6. The Hall–Kier alpha value is -2.55. The number of ether oxygens (including phenoxy) is 2. The Kier molecular flexibility index (Phi) is 6.26. The quantitative estimate of drug-likeness (QED) is 0.548. The maximum absolute atomic E-state index is 14.7. The molecular formula is C22H25FN4O2S. The van der Waals surface area contributed by atoms with Crippen LogP contribution in [0.15, 0.2) is 48.5 Å². The van der Waals surface area contributed by atoms with Crippen LogP contribution in [0.25, 0.3) is 17.1 Å². The topological polar surface area (TPSA) is 44.4 Å². The molecule has 158 valence electrons. The smallest absolute Gasteiger partial charge is 0.204 e. The molecule has 2 heterocycles. The number of hydrogen-bond donors (Lipinski definition) is 0. The van der Waals surface area contributed by atoms with Crippen LogP contribution in [0.1, 0.15) is 13.8 Å². The number of halogens is 1. The second-order valence-electron chi connectivity index (χ2n) is 7.25. The van der Waals surface area contributed by atoms with Gasteiger partial charge in [-0.1, -0.05) is 12.1 Å². The van der Waals surface area contributed by atoms with Crippen LogP contribution in [0.3, 0.4) is 0 Å². The van der Waals surface area contributed by atoms with E-state index in [2.05, 4.69) is 11.8 Å². The molecule has 0 spiro atoms. The Morgan fingerprint density at radius 3 is 2.67 bits per heavy atom. The molecular weight excluding hydrogens is 403 g/mol. The average Bonchev–Trinajstić information content (AvgIpc) is 3.05. The second kappa shape index (κ2) is 9.07. The molecule has 0 N–H and O–H groups in total. The Labute approximate surface area is 180 Å². The minimum Gasteiger partial charge on any atom is -0.494 e. The van der Waals surface area contributed by atoms with E-state index >= 15 is 0 Å². The lowest BCUT2D eigenvalue weighted by molar-refractivity contribution is -0.0306. The van der Waals surface area contributed by atoms with Gasteiger partial charge in [0, 0.05) is 18.7 Å². The van der Waals surface area contributed by atoms with Gasteiger partial charge in [0.25, 0.3) is 0 Å². The van der Waals surface area contributed by atoms with E-state index in [0.717, 1.165) is 24.4 Å². The summed E-state index contributed by atoms with van der Waals surface area (Å²) in [6.07, 6.45) is 0.159. The van der Waals surface area contributed by atoms with Gasteiger partial charge >= 0.3 is 0 Å². The molecule has 3 aromatic rings. The van der Waals surface area contributed by atoms with Crippen LogP contribution >= 0.6 is 12.2 Å². The highest BCUT2D eigenvalue weighted by atomic mass is 32.1. The second-order valence-corrected chi connectivity index (χ2v) is 7.61. The third-order valence-electron chi connectivity index (χ3n) is 5.02. The molecule has 0 saturated carbocycles. The van der Waals surface area contributed by atoms with Crippen LogP contribution in [-0.4, -0.2) is 51.7 Å². The largest absolute Gasteiger partial charge is 0.494 e. The number of nitrogens with zero attached hydrogens (tertiary/aromatic N) is 4. The Morgan fingerprint density at radius 2 is 1.97 bits per heavy atom. The van der Waals surface area contributed by atoms with E-state index in [0.29, 0.717) is 36.2 Å². The van der Waals surface area contributed by atoms with Crippen molar-refractivity contribution in [2.75, 3.05) is 26.3 Å². The lowest BCUT2D eigenvalue weighted by atomic mass is 10.2. The molecule has 1 fully saturated rings. The van der Waals surface area contributed by atoms with Gasteiger partial charge in [0.2, 0.25) is 4.77 Å². The molecule has 1 aromatic heterocycles. The van der Waals surface area contributed by atoms with Crippen molar-refractivity contribution in [1.82, 2.24) is 19.2 Å². The minimum absolute atomic E-state index is 0.159. The van der Waals surface area contributed by atoms with Crippen molar-refractivity contribution in [3.8, 4) is 22.8 Å². The van der Waals surface area contributed by atoms with Gasteiger partial charge in [-0.3, -0.25) is 9.47 Å². The molecule has 6 nitrogen and oxygen atoms in total. The van der Waals surface area contributed by atoms with Gasteiger partial charge in [-0.15, -0.1) is 5.10 Å². The predicted octanol–water partition coefficient (Wildman–Crippen LogP) is 4.29. The number of rotatable bonds is 6. The number of aromatic nitrogens is 3. The van der Waals surface area contributed by atoms with E-state index in [9.17, 15) is 4.39 Å². The van der Waals surface area contributed by atoms with Crippen molar-refractivity contribution in [2.24, 2.45) is 0 Å². The van der Waals surface area contributed by atoms with Crippen LogP contribution in [0.2, 0.25) is 0 Å². The molecule has 1 saturated heterocycles. The summed E-state index contributed by atoms with van der Waals surface area (Å²) in [7, 11) is 0. The zero-order valence-corrected chi connectivity index (χ0v) is 17.9. The van der Waals surface area contributed by atoms with Gasteiger partial charge in [-0.25, -0.2) is 9.07 Å². The van der Waals surface area contributed by atoms with Gasteiger partial charge < -0.3 is 9.47 Å². The number of morpholine rings is 1. The molecule has 0 amide bonds. The summed E-state index contributed by atoms with van der Waals surface area (Å²) in [4.78, 5) is 2.24. The fraction of sp³-hybridized carbons (Fsp3) is 0.364. The highest BCUT2D eigenvalue weighted by Gasteiger charge is 2.21. The molecule has 1 aliphatic rings. The lowest BCUT2D eigenvalue weighted by Gasteiger charge is -2.30. The molecule has 1 unspecified atom stereocenters. The fourth-order valence-corrected chi connectivity index (χ4v) is 3.90. The van der Waals surface area contributed by atoms with Crippen molar-refractivity contribution >= 4 is 12.2 Å². The van der Waals surface area contributed by atoms with Crippen molar-refractivity contribution in [3.63, 3.8) is 0 Å². The molecule has 30 heavy (non-hydrogen) atoms. The van der Waals surface area contributed by atoms with E-state index in [1.165, 1.54) is 6.07 Å². The first-order valence-corrected chi connectivity index (χ1v) is 10.5. The van der Waals surface area contributed by atoms with E-state index in [1.807, 2.05) is 31.2 Å². The summed E-state index contributed by atoms with van der Waals surface area (Å²) in [5.41, 5.74) is 1.22. The zero-order valence-electron chi connectivity index (χ0n) is 17.1. The molecule has 2 aromatic carbocycles. The third-order valence-corrected chi connectivity index (χ3v) is 5.41. The van der Waals surface area contributed by atoms with Crippen LogP contribution in [0, 0.1) is 10.6 Å². The van der Waals surface area contributed by atoms with Crippen molar-refractivity contribution in [2.45, 2.75) is 26.6 Å². The molecule has 0 aliphatic carbocycles. The lowest BCUT2D eigenvalue weighted by Crippen LogP contribution is -2.42. The summed E-state index contributed by atoms with van der Waals surface area (Å²) in [5, 5.41) is 4.78. The van der Waals surface area contributed by atoms with Crippen LogP contribution in [0.4, 0.5) is 4.39 Å². The van der Waals surface area contributed by atoms with E-state index in [4.69, 9.17) is 26.8 Å². The van der Waals surface area contributed by atoms with Crippen molar-refractivity contribution < 1.29 is 13.9 Å². The SMILES string of the molecule is CCOc1ccc(-c2nn(CN3CCOC(C)C3)c(=S)n2-c2ccccc2F)cc1. The first kappa shape index (κ1) is 20.7. The van der Waals surface area contributed by atoms with Gasteiger partial charge in [-0.2, -0.15) is 0 Å². The normalized spacial score (nSPS) is 17.2. The van der Waals surface area contributed by atoms with E-state index < -0.39 is 0 Å². The van der Waals surface area contributed by atoms with Crippen LogP contribution < -0.4 is 4.74 Å². The van der Waals surface area contributed by atoms with Crippen molar-refractivity contribution in [3.05, 3.63) is 59.1 Å². The first-order valence-electron chi connectivity index (χ1n) is 10.1. The number of benzene rings is 2. The van der Waals surface area contributed by atoms with Crippen LogP contribution in [0.5, 0.6) is 5.75 Å². The average molecular weight is 429 g/mol. The molecule has 1 aliphatic heterocycles. The highest BCUT2D eigenvalue weighted by Crippen LogP contribution is 2.26. The Morgan fingerprint density at radius 1 is 1.20 bits per heavy atom. The van der Waals surface area contributed by atoms with Gasteiger partial charge in [0.15, 0.2) is 5.82 Å².